The molecule has 2 rings (SSSR count). The highest BCUT2D eigenvalue weighted by molar-refractivity contribution is 9.10. The van der Waals surface area contributed by atoms with Gasteiger partial charge in [0.25, 0.3) is 0 Å². The van der Waals surface area contributed by atoms with Gasteiger partial charge in [-0.25, -0.2) is 0 Å². The van der Waals surface area contributed by atoms with Crippen molar-refractivity contribution in [1.29, 1.82) is 0 Å². The lowest BCUT2D eigenvalue weighted by Gasteiger charge is -2.27. The second-order valence-electron chi connectivity index (χ2n) is 4.90. The Morgan fingerprint density at radius 3 is 2.40 bits per heavy atom. The molecule has 2 aromatic carbocycles. The zero-order valence-electron chi connectivity index (χ0n) is 11.8. The topological polar surface area (TPSA) is 29.5 Å². The Morgan fingerprint density at radius 1 is 1.15 bits per heavy atom. The summed E-state index contributed by atoms with van der Waals surface area (Å²) >= 11 is 3.49. The van der Waals surface area contributed by atoms with Crippen LogP contribution in [0, 0.1) is 0 Å². The van der Waals surface area contributed by atoms with Crippen LogP contribution in [0.15, 0.2) is 53.0 Å². The summed E-state index contributed by atoms with van der Waals surface area (Å²) in [4.78, 5) is 0. The highest BCUT2D eigenvalue weighted by atomic mass is 79.9. The molecular weight excluding hydrogens is 316 g/mol. The zero-order chi connectivity index (χ0) is 14.6. The Hall–Kier alpha value is -1.32. The molecule has 1 atom stereocenters. The van der Waals surface area contributed by atoms with Gasteiger partial charge in [-0.2, -0.15) is 0 Å². The first kappa shape index (κ1) is 15.1. The van der Waals surface area contributed by atoms with Gasteiger partial charge in [-0.1, -0.05) is 43.3 Å². The third kappa shape index (κ3) is 3.22. The van der Waals surface area contributed by atoms with E-state index in [0.29, 0.717) is 12.8 Å². The van der Waals surface area contributed by atoms with E-state index in [2.05, 4.69) is 15.9 Å². The fourth-order valence-electron chi connectivity index (χ4n) is 2.34. The third-order valence-electron chi connectivity index (χ3n) is 3.61. The SMILES string of the molecule is CCC(O)(Cc1ccc(OC)c(Br)c1)c1ccccc1. The first-order chi connectivity index (χ1) is 9.59. The Bertz CT molecular complexity index is 568. The number of ether oxygens (including phenoxy) is 1. The molecule has 3 heteroatoms. The Morgan fingerprint density at radius 2 is 1.85 bits per heavy atom. The van der Waals surface area contributed by atoms with Crippen LogP contribution in [-0.4, -0.2) is 12.2 Å². The lowest BCUT2D eigenvalue weighted by Crippen LogP contribution is -2.27. The van der Waals surface area contributed by atoms with Crippen molar-refractivity contribution in [2.45, 2.75) is 25.4 Å². The molecular formula is C17H19BrO2. The fraction of sp³-hybridized carbons (Fsp3) is 0.294. The van der Waals surface area contributed by atoms with E-state index in [9.17, 15) is 5.11 Å². The van der Waals surface area contributed by atoms with Crippen LogP contribution in [0.4, 0.5) is 0 Å². The molecule has 0 radical (unpaired) electrons. The van der Waals surface area contributed by atoms with Crippen molar-refractivity contribution in [1.82, 2.24) is 0 Å². The molecule has 0 aliphatic rings. The predicted octanol–water partition coefficient (Wildman–Crippen LogP) is 4.30. The average molecular weight is 335 g/mol. The van der Waals surface area contributed by atoms with E-state index >= 15 is 0 Å². The molecule has 0 aromatic heterocycles. The summed E-state index contributed by atoms with van der Waals surface area (Å²) in [7, 11) is 1.64. The molecule has 0 saturated carbocycles. The summed E-state index contributed by atoms with van der Waals surface area (Å²) in [6, 6.07) is 15.7. The van der Waals surface area contributed by atoms with Gasteiger partial charge in [-0.3, -0.25) is 0 Å². The van der Waals surface area contributed by atoms with Crippen LogP contribution in [0.3, 0.4) is 0 Å². The zero-order valence-corrected chi connectivity index (χ0v) is 13.4. The second-order valence-corrected chi connectivity index (χ2v) is 5.75. The quantitative estimate of drug-likeness (QED) is 0.883. The van der Waals surface area contributed by atoms with E-state index in [1.165, 1.54) is 0 Å². The number of rotatable bonds is 5. The van der Waals surface area contributed by atoms with Crippen molar-refractivity contribution >= 4 is 15.9 Å². The van der Waals surface area contributed by atoms with Crippen LogP contribution in [0.5, 0.6) is 5.75 Å². The van der Waals surface area contributed by atoms with Crippen LogP contribution >= 0.6 is 15.9 Å². The van der Waals surface area contributed by atoms with Gasteiger partial charge in [0, 0.05) is 6.42 Å². The van der Waals surface area contributed by atoms with E-state index in [4.69, 9.17) is 4.74 Å². The molecule has 2 nitrogen and oxygen atoms in total. The van der Waals surface area contributed by atoms with Crippen molar-refractivity contribution in [2.75, 3.05) is 7.11 Å². The van der Waals surface area contributed by atoms with Crippen LogP contribution < -0.4 is 4.74 Å². The molecule has 0 heterocycles. The summed E-state index contributed by atoms with van der Waals surface area (Å²) in [6.07, 6.45) is 1.25. The van der Waals surface area contributed by atoms with Gasteiger partial charge in [-0.05, 0) is 45.6 Å². The highest BCUT2D eigenvalue weighted by Crippen LogP contribution is 2.32. The maximum Gasteiger partial charge on any atom is 0.133 e. The molecule has 0 aliphatic heterocycles. The molecule has 0 spiro atoms. The summed E-state index contributed by atoms with van der Waals surface area (Å²) in [5, 5.41) is 10.9. The monoisotopic (exact) mass is 334 g/mol. The predicted molar refractivity (Wildman–Crippen MR) is 85.0 cm³/mol. The van der Waals surface area contributed by atoms with Crippen molar-refractivity contribution < 1.29 is 9.84 Å². The molecule has 0 fully saturated rings. The molecule has 1 unspecified atom stereocenters. The number of methoxy groups -OCH3 is 1. The van der Waals surface area contributed by atoms with E-state index < -0.39 is 5.60 Å². The Balaban J connectivity index is 2.28. The number of aliphatic hydroxyl groups is 1. The minimum absolute atomic E-state index is 0.579. The molecule has 0 bridgehead atoms. The normalized spacial score (nSPS) is 13.8. The van der Waals surface area contributed by atoms with Crippen LogP contribution in [0.2, 0.25) is 0 Å². The van der Waals surface area contributed by atoms with Gasteiger partial charge >= 0.3 is 0 Å². The first-order valence-electron chi connectivity index (χ1n) is 6.69. The molecule has 0 aliphatic carbocycles. The fourth-order valence-corrected chi connectivity index (χ4v) is 2.93. The maximum atomic E-state index is 10.9. The lowest BCUT2D eigenvalue weighted by atomic mass is 9.85. The van der Waals surface area contributed by atoms with E-state index in [-0.39, 0.29) is 0 Å². The highest BCUT2D eigenvalue weighted by Gasteiger charge is 2.27. The van der Waals surface area contributed by atoms with Crippen molar-refractivity contribution in [3.63, 3.8) is 0 Å². The van der Waals surface area contributed by atoms with E-state index in [1.54, 1.807) is 7.11 Å². The second kappa shape index (κ2) is 6.42. The molecule has 0 saturated heterocycles. The van der Waals surface area contributed by atoms with E-state index in [1.807, 2.05) is 55.5 Å². The van der Waals surface area contributed by atoms with Gasteiger partial charge in [0.05, 0.1) is 17.2 Å². The van der Waals surface area contributed by atoms with Gasteiger partial charge in [-0.15, -0.1) is 0 Å². The molecule has 1 N–H and O–H groups in total. The summed E-state index contributed by atoms with van der Waals surface area (Å²) in [5.74, 6) is 0.800. The molecule has 2 aromatic rings. The minimum Gasteiger partial charge on any atom is -0.496 e. The van der Waals surface area contributed by atoms with Crippen LogP contribution in [0.25, 0.3) is 0 Å². The minimum atomic E-state index is -0.838. The first-order valence-corrected chi connectivity index (χ1v) is 7.48. The molecule has 20 heavy (non-hydrogen) atoms. The summed E-state index contributed by atoms with van der Waals surface area (Å²) in [6.45, 7) is 2.01. The number of benzene rings is 2. The standard InChI is InChI=1S/C17H19BrO2/c1-3-17(19,14-7-5-4-6-8-14)12-13-9-10-16(20-2)15(18)11-13/h4-11,19H,3,12H2,1-2H3. The molecule has 0 amide bonds. The third-order valence-corrected chi connectivity index (χ3v) is 4.23. The van der Waals surface area contributed by atoms with Gasteiger partial charge in [0.15, 0.2) is 0 Å². The number of hydrogen-bond donors (Lipinski definition) is 1. The van der Waals surface area contributed by atoms with Crippen molar-refractivity contribution in [3.05, 3.63) is 64.1 Å². The average Bonchev–Trinajstić information content (AvgIpc) is 2.48. The number of halogens is 1. The maximum absolute atomic E-state index is 10.9. The summed E-state index contributed by atoms with van der Waals surface area (Å²) < 4.78 is 6.14. The smallest absolute Gasteiger partial charge is 0.133 e. The van der Waals surface area contributed by atoms with Crippen molar-refractivity contribution in [3.8, 4) is 5.75 Å². The van der Waals surface area contributed by atoms with Crippen LogP contribution in [0.1, 0.15) is 24.5 Å². The Labute approximate surface area is 128 Å². The molecule has 106 valence electrons. The summed E-state index contributed by atoms with van der Waals surface area (Å²) in [5.41, 5.74) is 1.19. The Kier molecular flexibility index (Phi) is 4.84. The van der Waals surface area contributed by atoms with Crippen molar-refractivity contribution in [2.24, 2.45) is 0 Å². The van der Waals surface area contributed by atoms with E-state index in [0.717, 1.165) is 21.3 Å². The van der Waals surface area contributed by atoms with Crippen LogP contribution in [-0.2, 0) is 12.0 Å². The van der Waals surface area contributed by atoms with Gasteiger partial charge in [0.1, 0.15) is 5.75 Å². The number of hydrogen-bond acceptors (Lipinski definition) is 2. The van der Waals surface area contributed by atoms with Gasteiger partial charge in [0.2, 0.25) is 0 Å². The van der Waals surface area contributed by atoms with Gasteiger partial charge < -0.3 is 9.84 Å². The largest absolute Gasteiger partial charge is 0.496 e. The lowest BCUT2D eigenvalue weighted by molar-refractivity contribution is 0.0327.